The van der Waals surface area contributed by atoms with Crippen molar-refractivity contribution in [3.8, 4) is 5.75 Å². The Bertz CT molecular complexity index is 1040. The highest BCUT2D eigenvalue weighted by Gasteiger charge is 2.42. The van der Waals surface area contributed by atoms with Crippen LogP contribution in [0.15, 0.2) is 41.5 Å². The predicted molar refractivity (Wildman–Crippen MR) is 118 cm³/mol. The highest BCUT2D eigenvalue weighted by Crippen LogP contribution is 2.38. The molecule has 3 rings (SSSR count). The predicted octanol–water partition coefficient (Wildman–Crippen LogP) is 3.24. The molecule has 1 fully saturated rings. The van der Waals surface area contributed by atoms with E-state index in [0.717, 1.165) is 0 Å². The van der Waals surface area contributed by atoms with Crippen LogP contribution in [-0.2, 0) is 23.8 Å². The topological polar surface area (TPSA) is 105 Å². The molecule has 176 valence electrons. The van der Waals surface area contributed by atoms with Crippen LogP contribution in [0.4, 0.5) is 0 Å². The third-order valence-electron chi connectivity index (χ3n) is 5.78. The van der Waals surface area contributed by atoms with Crippen LogP contribution in [0, 0.1) is 5.92 Å². The number of fused-ring (bicyclic) bond motifs is 1. The smallest absolute Gasteiger partial charge is 0.316 e. The number of methoxy groups -OCH3 is 2. The van der Waals surface area contributed by atoms with Crippen molar-refractivity contribution in [2.75, 3.05) is 27.4 Å². The van der Waals surface area contributed by atoms with Crippen molar-refractivity contribution in [1.29, 1.82) is 0 Å². The van der Waals surface area contributed by atoms with Gasteiger partial charge in [-0.15, -0.1) is 0 Å². The van der Waals surface area contributed by atoms with Gasteiger partial charge in [0.15, 0.2) is 23.1 Å². The number of ether oxygens (including phenoxy) is 4. The number of carbonyl (C=O) groups excluding carboxylic acids is 4. The fourth-order valence-corrected chi connectivity index (χ4v) is 4.19. The Morgan fingerprint density at radius 1 is 1.12 bits per heavy atom. The molecule has 1 unspecified atom stereocenters. The number of hydrogen-bond acceptors (Lipinski definition) is 8. The molecule has 0 amide bonds. The van der Waals surface area contributed by atoms with Crippen molar-refractivity contribution in [2.45, 2.75) is 38.9 Å². The molecular formula is C25H28O8. The molecule has 0 spiro atoms. The molecule has 1 aliphatic carbocycles. The van der Waals surface area contributed by atoms with Gasteiger partial charge in [0.1, 0.15) is 11.7 Å². The van der Waals surface area contributed by atoms with E-state index in [1.54, 1.807) is 32.0 Å². The first kappa shape index (κ1) is 24.5. The van der Waals surface area contributed by atoms with E-state index in [1.807, 2.05) is 0 Å². The van der Waals surface area contributed by atoms with E-state index in [-0.39, 0.29) is 53.1 Å². The molecule has 33 heavy (non-hydrogen) atoms. The molecule has 1 saturated heterocycles. The summed E-state index contributed by atoms with van der Waals surface area (Å²) in [7, 11) is 2.57. The zero-order valence-electron chi connectivity index (χ0n) is 19.3. The Balaban J connectivity index is 2.05. The van der Waals surface area contributed by atoms with Gasteiger partial charge in [-0.2, -0.15) is 0 Å². The van der Waals surface area contributed by atoms with Crippen LogP contribution in [-0.4, -0.2) is 56.5 Å². The average molecular weight is 456 g/mol. The second-order valence-corrected chi connectivity index (χ2v) is 8.39. The SMILES string of the molecule is C=C(C)CC1=C(CC(C(=O)CC2(C)OCCO2)C(=O)OC)C(=O)c2c(OC)cccc2C1=O. The van der Waals surface area contributed by atoms with E-state index in [4.69, 9.17) is 18.9 Å². The maximum absolute atomic E-state index is 13.6. The Kier molecular flexibility index (Phi) is 7.29. The lowest BCUT2D eigenvalue weighted by atomic mass is 9.77. The molecule has 1 aromatic carbocycles. The molecule has 2 aliphatic rings. The number of hydrogen-bond donors (Lipinski definition) is 0. The summed E-state index contributed by atoms with van der Waals surface area (Å²) >= 11 is 0. The lowest BCUT2D eigenvalue weighted by Crippen LogP contribution is -2.36. The van der Waals surface area contributed by atoms with Gasteiger partial charge < -0.3 is 18.9 Å². The zero-order chi connectivity index (χ0) is 24.3. The van der Waals surface area contributed by atoms with Crippen LogP contribution in [0.1, 0.15) is 53.8 Å². The molecule has 1 heterocycles. The third-order valence-corrected chi connectivity index (χ3v) is 5.78. The van der Waals surface area contributed by atoms with E-state index in [1.165, 1.54) is 14.2 Å². The number of allylic oxidation sites excluding steroid dienone is 3. The fraction of sp³-hybridized carbons (Fsp3) is 0.440. The first-order valence-corrected chi connectivity index (χ1v) is 10.6. The molecule has 0 aromatic heterocycles. The normalized spacial score (nSPS) is 18.1. The van der Waals surface area contributed by atoms with Gasteiger partial charge in [0.05, 0.1) is 39.4 Å². The van der Waals surface area contributed by atoms with Crippen molar-refractivity contribution in [3.63, 3.8) is 0 Å². The van der Waals surface area contributed by atoms with Gasteiger partial charge in [0.25, 0.3) is 0 Å². The lowest BCUT2D eigenvalue weighted by molar-refractivity contribution is -0.164. The number of benzene rings is 1. The maximum atomic E-state index is 13.6. The first-order chi connectivity index (χ1) is 15.6. The Morgan fingerprint density at radius 2 is 1.79 bits per heavy atom. The van der Waals surface area contributed by atoms with Crippen molar-refractivity contribution in [2.24, 2.45) is 5.92 Å². The second kappa shape index (κ2) is 9.80. The maximum Gasteiger partial charge on any atom is 0.316 e. The van der Waals surface area contributed by atoms with Crippen molar-refractivity contribution < 1.29 is 38.1 Å². The average Bonchev–Trinajstić information content (AvgIpc) is 3.21. The minimum atomic E-state index is -1.30. The van der Waals surface area contributed by atoms with Gasteiger partial charge in [0.2, 0.25) is 0 Å². The van der Waals surface area contributed by atoms with Crippen LogP contribution >= 0.6 is 0 Å². The minimum Gasteiger partial charge on any atom is -0.496 e. The Morgan fingerprint density at radius 3 is 2.36 bits per heavy atom. The number of Topliss-reactive ketones (excluding diaryl/α,β-unsaturated/α-hetero) is 3. The van der Waals surface area contributed by atoms with Crippen molar-refractivity contribution in [1.82, 2.24) is 0 Å². The monoisotopic (exact) mass is 456 g/mol. The Labute approximate surface area is 192 Å². The molecule has 0 bridgehead atoms. The molecule has 8 heteroatoms. The molecule has 0 radical (unpaired) electrons. The number of esters is 1. The van der Waals surface area contributed by atoms with Gasteiger partial charge in [-0.1, -0.05) is 24.3 Å². The molecular weight excluding hydrogens is 428 g/mol. The standard InChI is InChI=1S/C25H28O8/c1-14(2)11-16-17(23(28)21-15(22(16)27)7-6-8-20(21)30-4)12-18(24(29)31-5)19(26)13-25(3)32-9-10-33-25/h6-8,18H,1,9-13H2,2-5H3. The molecule has 1 aromatic rings. The van der Waals surface area contributed by atoms with E-state index in [2.05, 4.69) is 6.58 Å². The summed E-state index contributed by atoms with van der Waals surface area (Å²) in [4.78, 5) is 52.7. The van der Waals surface area contributed by atoms with E-state index < -0.39 is 29.2 Å². The first-order valence-electron chi connectivity index (χ1n) is 10.6. The van der Waals surface area contributed by atoms with E-state index in [0.29, 0.717) is 18.8 Å². The van der Waals surface area contributed by atoms with E-state index in [9.17, 15) is 19.2 Å². The fourth-order valence-electron chi connectivity index (χ4n) is 4.19. The minimum absolute atomic E-state index is 0.0853. The summed E-state index contributed by atoms with van der Waals surface area (Å²) in [6.07, 6.45) is -0.341. The summed E-state index contributed by atoms with van der Waals surface area (Å²) in [5.41, 5.74) is 1.31. The number of rotatable bonds is 9. The van der Waals surface area contributed by atoms with Crippen molar-refractivity contribution in [3.05, 3.63) is 52.6 Å². The summed E-state index contributed by atoms with van der Waals surface area (Å²) < 4.78 is 21.2. The molecule has 8 nitrogen and oxygen atoms in total. The van der Waals surface area contributed by atoms with Crippen LogP contribution in [0.2, 0.25) is 0 Å². The van der Waals surface area contributed by atoms with Crippen molar-refractivity contribution >= 4 is 23.3 Å². The summed E-state index contributed by atoms with van der Waals surface area (Å²) in [6, 6.07) is 4.78. The van der Waals surface area contributed by atoms with E-state index >= 15 is 0 Å². The Hall–Kier alpha value is -3.10. The van der Waals surface area contributed by atoms with Crippen LogP contribution < -0.4 is 4.74 Å². The lowest BCUT2D eigenvalue weighted by Gasteiger charge is -2.26. The summed E-state index contributed by atoms with van der Waals surface area (Å²) in [5, 5.41) is 0. The van der Waals surface area contributed by atoms with Gasteiger partial charge in [-0.25, -0.2) is 0 Å². The van der Waals surface area contributed by atoms with Crippen LogP contribution in [0.25, 0.3) is 0 Å². The summed E-state index contributed by atoms with van der Waals surface area (Å²) in [5.74, 6) is -4.32. The largest absolute Gasteiger partial charge is 0.496 e. The molecule has 0 saturated carbocycles. The van der Waals surface area contributed by atoms with Gasteiger partial charge in [-0.05, 0) is 32.8 Å². The highest BCUT2D eigenvalue weighted by atomic mass is 16.7. The quantitative estimate of drug-likeness (QED) is 0.317. The number of carbonyl (C=O) groups is 4. The summed E-state index contributed by atoms with van der Waals surface area (Å²) in [6.45, 7) is 7.89. The van der Waals surface area contributed by atoms with Gasteiger partial charge in [0, 0.05) is 16.7 Å². The van der Waals surface area contributed by atoms with Gasteiger partial charge in [-0.3, -0.25) is 19.2 Å². The molecule has 0 N–H and O–H groups in total. The van der Waals surface area contributed by atoms with Gasteiger partial charge >= 0.3 is 5.97 Å². The third kappa shape index (κ3) is 4.96. The second-order valence-electron chi connectivity index (χ2n) is 8.39. The van der Waals surface area contributed by atoms with Crippen LogP contribution in [0.3, 0.4) is 0 Å². The van der Waals surface area contributed by atoms with Crippen LogP contribution in [0.5, 0.6) is 5.75 Å². The highest BCUT2D eigenvalue weighted by molar-refractivity contribution is 6.28. The molecule has 1 aliphatic heterocycles. The zero-order valence-corrected chi connectivity index (χ0v) is 19.3. The number of ketones is 3. The molecule has 1 atom stereocenters.